The molecule has 0 heterocycles. The van der Waals surface area contributed by atoms with E-state index in [9.17, 15) is 37.1 Å². The quantitative estimate of drug-likeness (QED) is 0.132. The fourth-order valence-corrected chi connectivity index (χ4v) is 4.24. The summed E-state index contributed by atoms with van der Waals surface area (Å²) in [5.41, 5.74) is -0.776. The largest absolute Gasteiger partial charge is 0.453 e. The van der Waals surface area contributed by atoms with E-state index in [0.717, 1.165) is 48.5 Å². The van der Waals surface area contributed by atoms with Crippen molar-refractivity contribution in [2.75, 3.05) is 0 Å². The molecule has 41 heavy (non-hydrogen) atoms. The maximum atomic E-state index is 11.4. The van der Waals surface area contributed by atoms with E-state index >= 15 is 0 Å². The van der Waals surface area contributed by atoms with Crippen LogP contribution in [0.4, 0.5) is 11.4 Å². The van der Waals surface area contributed by atoms with Gasteiger partial charge >= 0.3 is 0 Å². The highest BCUT2D eigenvalue weighted by atomic mass is 32.2. The lowest BCUT2D eigenvalue weighted by Gasteiger charge is -2.15. The fourth-order valence-electron chi connectivity index (χ4n) is 3.28. The number of nitro groups is 2. The minimum absolute atomic E-state index is 0.0156. The zero-order valence-electron chi connectivity index (χ0n) is 20.2. The molecule has 0 radical (unpaired) electrons. The van der Waals surface area contributed by atoms with E-state index in [1.54, 1.807) is 0 Å². The first-order valence-electron chi connectivity index (χ1n) is 11.0. The Morgan fingerprint density at radius 1 is 0.512 bits per heavy atom. The third-order valence-electron chi connectivity index (χ3n) is 5.19. The molecule has 4 aromatic rings. The molecule has 0 spiro atoms. The molecule has 0 saturated heterocycles. The summed E-state index contributed by atoms with van der Waals surface area (Å²) in [7, 11) is -8.97. The van der Waals surface area contributed by atoms with Gasteiger partial charge in [0.1, 0.15) is 11.5 Å². The van der Waals surface area contributed by atoms with Gasteiger partial charge in [-0.1, -0.05) is 0 Å². The monoisotopic (exact) mass is 604 g/mol. The van der Waals surface area contributed by atoms with Crippen molar-refractivity contribution in [1.29, 1.82) is 0 Å². The van der Waals surface area contributed by atoms with Gasteiger partial charge in [-0.3, -0.25) is 29.3 Å². The Labute approximate surface area is 231 Å². The third-order valence-corrected chi connectivity index (χ3v) is 6.93. The standard InChI is InChI=1S/C24H16N2O13S2/c27-25(28)15-1-11-21(23(13-15)37-17-3-7-19(8-4-17)40(31,32)33)39-22-12-2-16(26(29)30)14-24(22)38-18-5-9-20(10-6-18)41(34,35)36/h1-14H,(H,31,32,33)(H,34,35,36). The van der Waals surface area contributed by atoms with Gasteiger partial charge in [-0.2, -0.15) is 16.8 Å². The Balaban J connectivity index is 1.71. The van der Waals surface area contributed by atoms with Crippen LogP contribution in [0.1, 0.15) is 0 Å². The van der Waals surface area contributed by atoms with Gasteiger partial charge in [0.15, 0.2) is 23.0 Å². The van der Waals surface area contributed by atoms with Crippen molar-refractivity contribution < 1.29 is 50.0 Å². The molecule has 0 aliphatic heterocycles. The SMILES string of the molecule is O=[N+]([O-])c1ccc(Oc2ccc([N+](=O)[O-])cc2Oc2ccc(S(=O)(=O)O)cc2)c(Oc2ccc(S(=O)(=O)O)cc2)c1. The Kier molecular flexibility index (Phi) is 7.88. The Morgan fingerprint density at radius 3 is 1.15 bits per heavy atom. The van der Waals surface area contributed by atoms with Crippen LogP contribution in [0.2, 0.25) is 0 Å². The Bertz CT molecular complexity index is 1720. The molecule has 0 aromatic heterocycles. The third kappa shape index (κ3) is 7.11. The lowest BCUT2D eigenvalue weighted by atomic mass is 10.2. The van der Waals surface area contributed by atoms with Crippen molar-refractivity contribution in [2.24, 2.45) is 0 Å². The first-order chi connectivity index (χ1) is 19.2. The van der Waals surface area contributed by atoms with Gasteiger partial charge in [0, 0.05) is 12.1 Å². The van der Waals surface area contributed by atoms with Crippen LogP contribution in [0.3, 0.4) is 0 Å². The van der Waals surface area contributed by atoms with Crippen LogP contribution < -0.4 is 14.2 Å². The molecule has 212 valence electrons. The number of rotatable bonds is 10. The van der Waals surface area contributed by atoms with Gasteiger partial charge in [-0.25, -0.2) is 0 Å². The summed E-state index contributed by atoms with van der Waals surface area (Å²) in [6.45, 7) is 0. The Morgan fingerprint density at radius 2 is 0.854 bits per heavy atom. The predicted molar refractivity (Wildman–Crippen MR) is 139 cm³/mol. The van der Waals surface area contributed by atoms with Crippen molar-refractivity contribution in [3.05, 3.63) is 105 Å². The van der Waals surface area contributed by atoms with Crippen molar-refractivity contribution >= 4 is 31.6 Å². The topological polar surface area (TPSA) is 223 Å². The predicted octanol–water partition coefficient (Wildman–Crippen LogP) is 5.37. The average Bonchev–Trinajstić information content (AvgIpc) is 2.90. The summed E-state index contributed by atoms with van der Waals surface area (Å²) >= 11 is 0. The first kappa shape index (κ1) is 28.9. The van der Waals surface area contributed by atoms with E-state index < -0.39 is 39.9 Å². The van der Waals surface area contributed by atoms with Crippen LogP contribution in [0, 0.1) is 20.2 Å². The second-order valence-corrected chi connectivity index (χ2v) is 10.8. The maximum Gasteiger partial charge on any atom is 0.294 e. The lowest BCUT2D eigenvalue weighted by Crippen LogP contribution is -1.99. The summed E-state index contributed by atoms with van der Waals surface area (Å²) in [5.74, 6) is -0.616. The number of nitrogens with zero attached hydrogens (tertiary/aromatic N) is 2. The summed E-state index contributed by atoms with van der Waals surface area (Å²) in [6.07, 6.45) is 0. The van der Waals surface area contributed by atoms with Crippen molar-refractivity contribution in [1.82, 2.24) is 0 Å². The fraction of sp³-hybridized carbons (Fsp3) is 0. The molecule has 0 aliphatic rings. The highest BCUT2D eigenvalue weighted by Gasteiger charge is 2.20. The van der Waals surface area contributed by atoms with E-state index in [1.165, 1.54) is 36.4 Å². The van der Waals surface area contributed by atoms with Gasteiger partial charge in [0.05, 0.1) is 31.8 Å². The average molecular weight is 605 g/mol. The first-order valence-corrected chi connectivity index (χ1v) is 13.8. The molecule has 2 N–H and O–H groups in total. The molecular formula is C24H16N2O13S2. The maximum absolute atomic E-state index is 11.4. The van der Waals surface area contributed by atoms with Crippen LogP contribution in [0.5, 0.6) is 34.5 Å². The van der Waals surface area contributed by atoms with E-state index in [1.807, 2.05) is 0 Å². The van der Waals surface area contributed by atoms with Gasteiger partial charge in [0.25, 0.3) is 31.6 Å². The number of benzene rings is 4. The van der Waals surface area contributed by atoms with Crippen LogP contribution in [-0.2, 0) is 20.2 Å². The molecule has 0 bridgehead atoms. The number of non-ortho nitro benzene ring substituents is 2. The van der Waals surface area contributed by atoms with Gasteiger partial charge < -0.3 is 14.2 Å². The van der Waals surface area contributed by atoms with Crippen molar-refractivity contribution in [3.63, 3.8) is 0 Å². The minimum Gasteiger partial charge on any atom is -0.453 e. The summed E-state index contributed by atoms with van der Waals surface area (Å²) in [5, 5.41) is 22.7. The molecule has 4 aromatic carbocycles. The van der Waals surface area contributed by atoms with Crippen LogP contribution in [-0.4, -0.2) is 35.8 Å². The van der Waals surface area contributed by atoms with Crippen LogP contribution in [0.25, 0.3) is 0 Å². The zero-order chi connectivity index (χ0) is 29.9. The molecule has 15 nitrogen and oxygen atoms in total. The molecule has 0 atom stereocenters. The number of ether oxygens (including phenoxy) is 3. The molecule has 0 saturated carbocycles. The normalized spacial score (nSPS) is 11.5. The summed E-state index contributed by atoms with van der Waals surface area (Å²) < 4.78 is 80.7. The minimum atomic E-state index is -4.48. The molecule has 0 fully saturated rings. The lowest BCUT2D eigenvalue weighted by molar-refractivity contribution is -0.385. The molecule has 17 heteroatoms. The Hall–Kier alpha value is -5.10. The highest BCUT2D eigenvalue weighted by Crippen LogP contribution is 2.42. The smallest absolute Gasteiger partial charge is 0.294 e. The summed E-state index contributed by atoms with van der Waals surface area (Å²) in [6, 6.07) is 15.5. The highest BCUT2D eigenvalue weighted by molar-refractivity contribution is 7.86. The zero-order valence-corrected chi connectivity index (χ0v) is 21.8. The van der Waals surface area contributed by atoms with Crippen LogP contribution in [0.15, 0.2) is 94.7 Å². The van der Waals surface area contributed by atoms with E-state index in [4.69, 9.17) is 23.3 Å². The van der Waals surface area contributed by atoms with E-state index in [-0.39, 0.29) is 45.9 Å². The van der Waals surface area contributed by atoms with E-state index in [2.05, 4.69) is 0 Å². The van der Waals surface area contributed by atoms with Crippen molar-refractivity contribution in [3.8, 4) is 34.5 Å². The summed E-state index contributed by atoms with van der Waals surface area (Å²) in [4.78, 5) is 20.5. The number of hydrogen-bond donors (Lipinski definition) is 2. The van der Waals surface area contributed by atoms with Gasteiger partial charge in [-0.05, 0) is 60.7 Å². The number of nitro benzene ring substituents is 2. The second-order valence-electron chi connectivity index (χ2n) is 7.98. The van der Waals surface area contributed by atoms with E-state index in [0.29, 0.717) is 0 Å². The number of hydrogen-bond acceptors (Lipinski definition) is 11. The molecular weight excluding hydrogens is 588 g/mol. The van der Waals surface area contributed by atoms with Crippen molar-refractivity contribution in [2.45, 2.75) is 9.79 Å². The van der Waals surface area contributed by atoms with Crippen LogP contribution >= 0.6 is 0 Å². The van der Waals surface area contributed by atoms with Gasteiger partial charge in [0.2, 0.25) is 0 Å². The second kappa shape index (κ2) is 11.2. The molecule has 4 rings (SSSR count). The molecule has 0 aliphatic carbocycles. The molecule has 0 unspecified atom stereocenters. The van der Waals surface area contributed by atoms with Gasteiger partial charge in [-0.15, -0.1) is 0 Å². The molecule has 0 amide bonds.